The van der Waals surface area contributed by atoms with Crippen LogP contribution < -0.4 is 9.60 Å². The maximum Gasteiger partial charge on any atom is 0.338 e. The number of sulfonamides is 1. The van der Waals surface area contributed by atoms with Gasteiger partial charge in [0, 0.05) is 6.04 Å². The van der Waals surface area contributed by atoms with Crippen molar-refractivity contribution in [1.29, 1.82) is 0 Å². The van der Waals surface area contributed by atoms with E-state index in [4.69, 9.17) is 4.74 Å². The smallest absolute Gasteiger partial charge is 0.338 e. The number of anilines is 1. The van der Waals surface area contributed by atoms with Crippen molar-refractivity contribution >= 4 is 43.2 Å². The Bertz CT molecular complexity index is 1240. The average Bonchev–Trinajstić information content (AvgIpc) is 2.98. The highest BCUT2D eigenvalue weighted by Crippen LogP contribution is 2.26. The molecule has 0 bridgehead atoms. The zero-order valence-electron chi connectivity index (χ0n) is 16.6. The Kier molecular flexibility index (Phi) is 5.81. The van der Waals surface area contributed by atoms with Crippen LogP contribution in [0.15, 0.2) is 46.1 Å². The van der Waals surface area contributed by atoms with Gasteiger partial charge in [-0.15, -0.1) is 0 Å². The molecule has 0 atom stereocenters. The lowest BCUT2D eigenvalue weighted by molar-refractivity contribution is 0.0526. The number of thiazole rings is 1. The molecule has 0 saturated carbocycles. The maximum atomic E-state index is 12.9. The summed E-state index contributed by atoms with van der Waals surface area (Å²) < 4.78 is 35.6. The van der Waals surface area contributed by atoms with Crippen LogP contribution in [0, 0.1) is 6.92 Å². The second-order valence-electron chi connectivity index (χ2n) is 6.82. The van der Waals surface area contributed by atoms with Gasteiger partial charge in [-0.05, 0) is 63.6 Å². The molecule has 9 heteroatoms. The molecule has 3 aromatic rings. The van der Waals surface area contributed by atoms with E-state index in [0.29, 0.717) is 21.5 Å². The molecule has 2 aromatic carbocycles. The summed E-state index contributed by atoms with van der Waals surface area (Å²) in [5, 5.41) is 0. The number of benzene rings is 2. The van der Waals surface area contributed by atoms with Crippen LogP contribution in [0.3, 0.4) is 0 Å². The van der Waals surface area contributed by atoms with E-state index in [2.05, 4.69) is 4.72 Å². The summed E-state index contributed by atoms with van der Waals surface area (Å²) in [7, 11) is -3.91. The van der Waals surface area contributed by atoms with E-state index in [1.54, 1.807) is 36.6 Å². The summed E-state index contributed by atoms with van der Waals surface area (Å²) in [6.07, 6.45) is 0. The number of hydrogen-bond donors (Lipinski definition) is 1. The third-order valence-corrected chi connectivity index (χ3v) is 6.69. The number of carbonyl (C=O) groups excluding carboxylic acids is 1. The molecular formula is C20H22N2O5S2. The minimum Gasteiger partial charge on any atom is -0.462 e. The number of esters is 1. The van der Waals surface area contributed by atoms with Crippen molar-refractivity contribution in [2.24, 2.45) is 0 Å². The van der Waals surface area contributed by atoms with Gasteiger partial charge in [0.1, 0.15) is 0 Å². The zero-order chi connectivity index (χ0) is 21.3. The molecule has 7 nitrogen and oxygen atoms in total. The van der Waals surface area contributed by atoms with E-state index in [0.717, 1.165) is 11.3 Å². The summed E-state index contributed by atoms with van der Waals surface area (Å²) in [4.78, 5) is 24.1. The Morgan fingerprint density at radius 1 is 1.21 bits per heavy atom. The standard InChI is InChI=1S/C20H22N2O5S2/c1-5-27-19(23)14-7-6-13(4)16(10-14)21-29(25,26)15-8-9-17-18(11-15)28-20(24)22(17)12(2)3/h6-12,21H,5H2,1-4H3. The number of aryl methyl sites for hydroxylation is 1. The average molecular weight is 435 g/mol. The van der Waals surface area contributed by atoms with Crippen LogP contribution >= 0.6 is 11.3 Å². The number of nitrogens with one attached hydrogen (secondary N) is 1. The minimum atomic E-state index is -3.91. The largest absolute Gasteiger partial charge is 0.462 e. The third kappa shape index (κ3) is 4.20. The monoisotopic (exact) mass is 434 g/mol. The third-order valence-electron chi connectivity index (χ3n) is 4.40. The van der Waals surface area contributed by atoms with Crippen LogP contribution in [0.5, 0.6) is 0 Å². The fourth-order valence-electron chi connectivity index (χ4n) is 2.95. The van der Waals surface area contributed by atoms with Gasteiger partial charge in [-0.3, -0.25) is 14.1 Å². The summed E-state index contributed by atoms with van der Waals surface area (Å²) in [6.45, 7) is 7.47. The summed E-state index contributed by atoms with van der Waals surface area (Å²) in [6, 6.07) is 9.28. The van der Waals surface area contributed by atoms with E-state index in [1.165, 1.54) is 18.2 Å². The van der Waals surface area contributed by atoms with Gasteiger partial charge in [-0.1, -0.05) is 17.4 Å². The second kappa shape index (κ2) is 8.00. The van der Waals surface area contributed by atoms with Gasteiger partial charge in [0.15, 0.2) is 0 Å². The molecule has 0 saturated heterocycles. The van der Waals surface area contributed by atoms with E-state index in [9.17, 15) is 18.0 Å². The topological polar surface area (TPSA) is 94.5 Å². The predicted molar refractivity (Wildman–Crippen MR) is 114 cm³/mol. The first-order valence-electron chi connectivity index (χ1n) is 9.09. The molecular weight excluding hydrogens is 412 g/mol. The first kappa shape index (κ1) is 21.1. The highest BCUT2D eigenvalue weighted by molar-refractivity contribution is 7.92. The minimum absolute atomic E-state index is 0.0231. The van der Waals surface area contributed by atoms with Crippen LogP contribution in [-0.2, 0) is 14.8 Å². The Hall–Kier alpha value is -2.65. The first-order valence-corrected chi connectivity index (χ1v) is 11.4. The summed E-state index contributed by atoms with van der Waals surface area (Å²) >= 11 is 1.01. The van der Waals surface area contributed by atoms with E-state index in [1.807, 2.05) is 13.8 Å². The lowest BCUT2D eigenvalue weighted by atomic mass is 10.1. The van der Waals surface area contributed by atoms with Gasteiger partial charge in [0.2, 0.25) is 0 Å². The molecule has 0 radical (unpaired) electrons. The molecule has 29 heavy (non-hydrogen) atoms. The molecule has 1 N–H and O–H groups in total. The van der Waals surface area contributed by atoms with Crippen molar-refractivity contribution in [1.82, 2.24) is 4.57 Å². The molecule has 1 aromatic heterocycles. The van der Waals surface area contributed by atoms with Gasteiger partial charge < -0.3 is 4.74 Å². The van der Waals surface area contributed by atoms with Crippen LogP contribution in [0.25, 0.3) is 10.2 Å². The zero-order valence-corrected chi connectivity index (χ0v) is 18.2. The lowest BCUT2D eigenvalue weighted by Crippen LogP contribution is -2.15. The number of carbonyl (C=O) groups is 1. The Morgan fingerprint density at radius 2 is 1.93 bits per heavy atom. The van der Waals surface area contributed by atoms with Crippen LogP contribution in [0.2, 0.25) is 0 Å². The van der Waals surface area contributed by atoms with E-state index < -0.39 is 16.0 Å². The van der Waals surface area contributed by atoms with Gasteiger partial charge >= 0.3 is 10.8 Å². The molecule has 0 unspecified atom stereocenters. The van der Waals surface area contributed by atoms with Gasteiger partial charge in [-0.2, -0.15) is 0 Å². The molecule has 0 aliphatic carbocycles. The van der Waals surface area contributed by atoms with Crippen molar-refractivity contribution in [2.75, 3.05) is 11.3 Å². The van der Waals surface area contributed by atoms with Gasteiger partial charge in [0.05, 0.1) is 33.0 Å². The lowest BCUT2D eigenvalue weighted by Gasteiger charge is -2.13. The number of rotatable bonds is 6. The van der Waals surface area contributed by atoms with Crippen molar-refractivity contribution in [3.63, 3.8) is 0 Å². The van der Waals surface area contributed by atoms with E-state index >= 15 is 0 Å². The van der Waals surface area contributed by atoms with Gasteiger partial charge in [0.25, 0.3) is 10.0 Å². The number of ether oxygens (including phenoxy) is 1. The highest BCUT2D eigenvalue weighted by Gasteiger charge is 2.19. The quantitative estimate of drug-likeness (QED) is 0.593. The van der Waals surface area contributed by atoms with Gasteiger partial charge in [-0.25, -0.2) is 13.2 Å². The fraction of sp³-hybridized carbons (Fsp3) is 0.300. The predicted octanol–water partition coefficient (Wildman–Crippen LogP) is 3.93. The van der Waals surface area contributed by atoms with Crippen molar-refractivity contribution < 1.29 is 17.9 Å². The molecule has 0 amide bonds. The molecule has 0 spiro atoms. The molecule has 0 aliphatic rings. The normalized spacial score (nSPS) is 11.8. The Labute approximate surface area is 173 Å². The van der Waals surface area contributed by atoms with Crippen molar-refractivity contribution in [2.45, 2.75) is 38.6 Å². The Morgan fingerprint density at radius 3 is 2.59 bits per heavy atom. The fourth-order valence-corrected chi connectivity index (χ4v) is 5.22. The van der Waals surface area contributed by atoms with Crippen LogP contribution in [0.4, 0.5) is 5.69 Å². The van der Waals surface area contributed by atoms with Crippen LogP contribution in [-0.4, -0.2) is 25.6 Å². The first-order chi connectivity index (χ1) is 13.6. The molecule has 0 aliphatic heterocycles. The number of fused-ring (bicyclic) bond motifs is 1. The molecule has 3 rings (SSSR count). The molecule has 154 valence electrons. The number of nitrogens with zero attached hydrogens (tertiary/aromatic N) is 1. The summed E-state index contributed by atoms with van der Waals surface area (Å²) in [5.74, 6) is -0.519. The Balaban J connectivity index is 1.99. The molecule has 0 fully saturated rings. The highest BCUT2D eigenvalue weighted by atomic mass is 32.2. The van der Waals surface area contributed by atoms with E-state index in [-0.39, 0.29) is 28.0 Å². The van der Waals surface area contributed by atoms with Crippen molar-refractivity contribution in [3.05, 3.63) is 57.2 Å². The summed E-state index contributed by atoms with van der Waals surface area (Å²) in [5.41, 5.74) is 1.93. The second-order valence-corrected chi connectivity index (χ2v) is 9.49. The maximum absolute atomic E-state index is 12.9. The number of aromatic nitrogens is 1. The molecule has 1 heterocycles. The van der Waals surface area contributed by atoms with Crippen LogP contribution in [0.1, 0.15) is 42.7 Å². The SMILES string of the molecule is CCOC(=O)c1ccc(C)c(NS(=O)(=O)c2ccc3c(c2)sc(=O)n3C(C)C)c1. The van der Waals surface area contributed by atoms with Crippen molar-refractivity contribution in [3.8, 4) is 0 Å². The number of hydrogen-bond acceptors (Lipinski definition) is 6.